The molecule has 0 N–H and O–H groups in total. The van der Waals surface area contributed by atoms with Gasteiger partial charge in [-0.1, -0.05) is 36.4 Å². The summed E-state index contributed by atoms with van der Waals surface area (Å²) >= 11 is 0. The van der Waals surface area contributed by atoms with Crippen LogP contribution in [0.4, 0.5) is 5.69 Å². The van der Waals surface area contributed by atoms with Crippen LogP contribution in [0.2, 0.25) is 0 Å². The number of carbonyl (C=O) groups excluding carboxylic acids is 1. The molecule has 35 heavy (non-hydrogen) atoms. The van der Waals surface area contributed by atoms with Crippen molar-refractivity contribution in [1.82, 2.24) is 0 Å². The van der Waals surface area contributed by atoms with Crippen molar-refractivity contribution < 1.29 is 19.0 Å². The summed E-state index contributed by atoms with van der Waals surface area (Å²) in [4.78, 5) is 13.0. The van der Waals surface area contributed by atoms with Gasteiger partial charge in [0.2, 0.25) is 0 Å². The summed E-state index contributed by atoms with van der Waals surface area (Å²) in [6.07, 6.45) is 1.83. The molecule has 0 bridgehead atoms. The fourth-order valence-corrected chi connectivity index (χ4v) is 3.76. The molecule has 1 aliphatic heterocycles. The number of nitrogens with zero attached hydrogens (tertiary/aromatic N) is 2. The molecule has 1 heterocycles. The topological polar surface area (TPSA) is 60.4 Å². The molecule has 0 unspecified atom stereocenters. The highest BCUT2D eigenvalue weighted by Gasteiger charge is 2.28. The van der Waals surface area contributed by atoms with E-state index >= 15 is 0 Å². The van der Waals surface area contributed by atoms with Crippen molar-refractivity contribution in [3.8, 4) is 17.2 Å². The third-order valence-corrected chi connectivity index (χ3v) is 5.58. The summed E-state index contributed by atoms with van der Waals surface area (Å²) in [5, 5.41) is 5.87. The van der Waals surface area contributed by atoms with Gasteiger partial charge in [0.05, 0.1) is 23.6 Å². The van der Waals surface area contributed by atoms with E-state index in [1.54, 1.807) is 0 Å². The second-order valence-corrected chi connectivity index (χ2v) is 8.30. The Bertz CT molecular complexity index is 1260. The lowest BCUT2D eigenvalue weighted by atomic mass is 10.1. The number of aryl methyl sites for hydroxylation is 2. The van der Waals surface area contributed by atoms with Crippen molar-refractivity contribution in [2.24, 2.45) is 5.10 Å². The van der Waals surface area contributed by atoms with Crippen LogP contribution < -0.4 is 19.2 Å². The minimum atomic E-state index is -0.157. The van der Waals surface area contributed by atoms with Crippen molar-refractivity contribution in [3.05, 3.63) is 89.0 Å². The lowest BCUT2D eigenvalue weighted by Crippen LogP contribution is -2.21. The molecule has 0 fully saturated rings. The molecule has 1 aliphatic rings. The van der Waals surface area contributed by atoms with E-state index in [2.05, 4.69) is 11.2 Å². The van der Waals surface area contributed by atoms with Crippen LogP contribution in [0.5, 0.6) is 17.2 Å². The van der Waals surface area contributed by atoms with E-state index in [-0.39, 0.29) is 5.91 Å². The van der Waals surface area contributed by atoms with Gasteiger partial charge in [0.25, 0.3) is 5.91 Å². The van der Waals surface area contributed by atoms with Gasteiger partial charge < -0.3 is 14.2 Å². The van der Waals surface area contributed by atoms with E-state index in [9.17, 15) is 4.79 Å². The average Bonchev–Trinajstić information content (AvgIpc) is 3.14. The quantitative estimate of drug-likeness (QED) is 0.286. The summed E-state index contributed by atoms with van der Waals surface area (Å²) in [5.74, 6) is 1.96. The van der Waals surface area contributed by atoms with Gasteiger partial charge in [-0.3, -0.25) is 4.79 Å². The van der Waals surface area contributed by atoms with Gasteiger partial charge in [0.15, 0.2) is 11.5 Å². The van der Waals surface area contributed by atoms with Crippen LogP contribution in [0.25, 0.3) is 6.08 Å². The number of ether oxygens (including phenoxy) is 3. The number of amides is 1. The van der Waals surface area contributed by atoms with E-state index in [0.717, 1.165) is 28.1 Å². The molecule has 3 aromatic rings. The number of hydrogen-bond donors (Lipinski definition) is 0. The Morgan fingerprint density at radius 2 is 1.57 bits per heavy atom. The van der Waals surface area contributed by atoms with E-state index in [1.165, 1.54) is 5.01 Å². The number of rotatable bonds is 9. The zero-order chi connectivity index (χ0) is 24.8. The average molecular weight is 471 g/mol. The standard InChI is InChI=1S/C29H30N2O4/c1-5-33-28-19-23(18-25-22(4)30-31(29(25)32)24-9-7-6-8-10-24)13-14-26(28)34-15-16-35-27-17-20(2)11-12-21(27)3/h6-14,17-19H,5,15-16H2,1-4H3. The van der Waals surface area contributed by atoms with Crippen LogP contribution in [0.15, 0.2) is 77.4 Å². The highest BCUT2D eigenvalue weighted by atomic mass is 16.5. The summed E-state index contributed by atoms with van der Waals surface area (Å²) in [6.45, 7) is 9.12. The van der Waals surface area contributed by atoms with Crippen LogP contribution in [0.3, 0.4) is 0 Å². The first-order valence-corrected chi connectivity index (χ1v) is 11.7. The lowest BCUT2D eigenvalue weighted by molar-refractivity contribution is -0.114. The molecule has 180 valence electrons. The Morgan fingerprint density at radius 1 is 0.829 bits per heavy atom. The van der Waals surface area contributed by atoms with Crippen LogP contribution in [-0.4, -0.2) is 31.4 Å². The third kappa shape index (κ3) is 5.72. The predicted octanol–water partition coefficient (Wildman–Crippen LogP) is 5.97. The maximum Gasteiger partial charge on any atom is 0.280 e. The largest absolute Gasteiger partial charge is 0.490 e. The summed E-state index contributed by atoms with van der Waals surface area (Å²) in [6, 6.07) is 21.2. The van der Waals surface area contributed by atoms with Gasteiger partial charge >= 0.3 is 0 Å². The Balaban J connectivity index is 1.45. The minimum absolute atomic E-state index is 0.157. The molecule has 0 saturated carbocycles. The number of anilines is 1. The number of hydrazone groups is 1. The van der Waals surface area contributed by atoms with Crippen LogP contribution in [0.1, 0.15) is 30.5 Å². The molecule has 3 aromatic carbocycles. The molecule has 6 nitrogen and oxygen atoms in total. The monoisotopic (exact) mass is 470 g/mol. The van der Waals surface area contributed by atoms with Gasteiger partial charge in [-0.05, 0) is 80.8 Å². The molecule has 6 heteroatoms. The zero-order valence-corrected chi connectivity index (χ0v) is 20.6. The van der Waals surface area contributed by atoms with Crippen molar-refractivity contribution in [3.63, 3.8) is 0 Å². The molecule has 0 atom stereocenters. The van der Waals surface area contributed by atoms with E-state index in [4.69, 9.17) is 14.2 Å². The fraction of sp³-hybridized carbons (Fsp3) is 0.241. The first-order chi connectivity index (χ1) is 17.0. The first-order valence-electron chi connectivity index (χ1n) is 11.7. The summed E-state index contributed by atoms with van der Waals surface area (Å²) in [5.41, 5.74) is 5.03. The molecule has 0 saturated heterocycles. The van der Waals surface area contributed by atoms with Crippen molar-refractivity contribution in [1.29, 1.82) is 0 Å². The molecular weight excluding hydrogens is 440 g/mol. The van der Waals surface area contributed by atoms with Gasteiger partial charge in [-0.15, -0.1) is 0 Å². The molecule has 0 aromatic heterocycles. The zero-order valence-electron chi connectivity index (χ0n) is 20.6. The molecule has 0 radical (unpaired) electrons. The van der Waals surface area contributed by atoms with Gasteiger partial charge in [0, 0.05) is 0 Å². The Hall–Kier alpha value is -4.06. The minimum Gasteiger partial charge on any atom is -0.490 e. The lowest BCUT2D eigenvalue weighted by Gasteiger charge is -2.14. The van der Waals surface area contributed by atoms with Gasteiger partial charge in [-0.25, -0.2) is 0 Å². The highest BCUT2D eigenvalue weighted by Crippen LogP contribution is 2.31. The number of para-hydroxylation sites is 1. The second-order valence-electron chi connectivity index (χ2n) is 8.30. The molecule has 0 aliphatic carbocycles. The fourth-order valence-electron chi connectivity index (χ4n) is 3.76. The predicted molar refractivity (Wildman–Crippen MR) is 140 cm³/mol. The first kappa shape index (κ1) is 24.1. The molecule has 4 rings (SSSR count). The van der Waals surface area contributed by atoms with Gasteiger partial charge in [-0.2, -0.15) is 10.1 Å². The Morgan fingerprint density at radius 3 is 2.31 bits per heavy atom. The molecule has 0 spiro atoms. The van der Waals surface area contributed by atoms with Crippen molar-refractivity contribution in [2.75, 3.05) is 24.8 Å². The molecule has 1 amide bonds. The van der Waals surface area contributed by atoms with Crippen molar-refractivity contribution >= 4 is 23.4 Å². The van der Waals surface area contributed by atoms with Crippen LogP contribution >= 0.6 is 0 Å². The maximum absolute atomic E-state index is 13.0. The SMILES string of the molecule is CCOc1cc(C=C2C(=O)N(c3ccccc3)N=C2C)ccc1OCCOc1cc(C)ccc1C. The smallest absolute Gasteiger partial charge is 0.280 e. The second kappa shape index (κ2) is 10.9. The van der Waals surface area contributed by atoms with E-state index in [0.29, 0.717) is 42.6 Å². The van der Waals surface area contributed by atoms with Crippen LogP contribution in [0, 0.1) is 13.8 Å². The summed E-state index contributed by atoms with van der Waals surface area (Å²) in [7, 11) is 0. The van der Waals surface area contributed by atoms with E-state index in [1.807, 2.05) is 94.4 Å². The molecular formula is C29H30N2O4. The number of hydrogen-bond acceptors (Lipinski definition) is 5. The maximum atomic E-state index is 13.0. The third-order valence-electron chi connectivity index (χ3n) is 5.58. The highest BCUT2D eigenvalue weighted by molar-refractivity contribution is 6.32. The summed E-state index contributed by atoms with van der Waals surface area (Å²) < 4.78 is 17.7. The Labute approximate surface area is 206 Å². The Kier molecular flexibility index (Phi) is 7.51. The normalized spacial score (nSPS) is 14.3. The van der Waals surface area contributed by atoms with Crippen molar-refractivity contribution in [2.45, 2.75) is 27.7 Å². The van der Waals surface area contributed by atoms with Gasteiger partial charge in [0.1, 0.15) is 19.0 Å². The van der Waals surface area contributed by atoms with E-state index < -0.39 is 0 Å². The number of benzene rings is 3. The van der Waals surface area contributed by atoms with Crippen LogP contribution in [-0.2, 0) is 4.79 Å². The number of carbonyl (C=O) groups is 1.